The van der Waals surface area contributed by atoms with Crippen LogP contribution in [0.25, 0.3) is 11.3 Å². The second-order valence-corrected chi connectivity index (χ2v) is 11.7. The Morgan fingerprint density at radius 1 is 1.00 bits per heavy atom. The van der Waals surface area contributed by atoms with Gasteiger partial charge in [-0.05, 0) is 62.2 Å². The minimum absolute atomic E-state index is 0.102. The molecule has 186 valence electrons. The predicted octanol–water partition coefficient (Wildman–Crippen LogP) is 4.42. The number of hydrogen-bond acceptors (Lipinski definition) is 5. The molecule has 0 bridgehead atoms. The summed E-state index contributed by atoms with van der Waals surface area (Å²) in [5.74, 6) is 0.447. The van der Waals surface area contributed by atoms with Crippen LogP contribution in [0.1, 0.15) is 68.8 Å². The molecule has 2 aliphatic rings. The van der Waals surface area contributed by atoms with Crippen molar-refractivity contribution in [1.29, 1.82) is 0 Å². The summed E-state index contributed by atoms with van der Waals surface area (Å²) in [5.41, 5.74) is 4.62. The lowest BCUT2D eigenvalue weighted by Gasteiger charge is -2.55. The van der Waals surface area contributed by atoms with Gasteiger partial charge in [-0.3, -0.25) is 10.1 Å². The van der Waals surface area contributed by atoms with Crippen molar-refractivity contribution in [1.82, 2.24) is 25.4 Å². The first-order valence-electron chi connectivity index (χ1n) is 12.9. The normalized spacial score (nSPS) is 21.5. The van der Waals surface area contributed by atoms with Crippen molar-refractivity contribution in [3.63, 3.8) is 0 Å². The molecule has 6 nitrogen and oxygen atoms in total. The molecule has 0 spiro atoms. The number of nitrogens with zero attached hydrogens (tertiary/aromatic N) is 3. The first kappa shape index (κ1) is 24.2. The topological polar surface area (TPSA) is 77.1 Å². The summed E-state index contributed by atoms with van der Waals surface area (Å²) < 4.78 is 0. The van der Waals surface area contributed by atoms with Crippen molar-refractivity contribution in [2.24, 2.45) is 5.41 Å². The fraction of sp³-hybridized carbons (Fsp3) is 0.517. The van der Waals surface area contributed by atoms with Crippen LogP contribution in [-0.2, 0) is 11.0 Å². The summed E-state index contributed by atoms with van der Waals surface area (Å²) in [7, 11) is 2.10. The molecule has 2 aromatic heterocycles. The average Bonchev–Trinajstić information content (AvgIpc) is 3.35. The second-order valence-electron chi connectivity index (χ2n) is 11.7. The van der Waals surface area contributed by atoms with Crippen LogP contribution in [0, 0.1) is 5.41 Å². The Hall–Kier alpha value is -2.54. The molecule has 1 atom stereocenters. The maximum Gasteiger partial charge on any atom is 0.124 e. The van der Waals surface area contributed by atoms with Crippen LogP contribution in [0.5, 0.6) is 0 Å². The van der Waals surface area contributed by atoms with Gasteiger partial charge in [0.1, 0.15) is 5.60 Å². The zero-order valence-electron chi connectivity index (χ0n) is 21.7. The Bertz CT molecular complexity index is 1170. The number of rotatable bonds is 6. The molecule has 4 heterocycles. The lowest BCUT2D eigenvalue weighted by atomic mass is 9.62. The molecule has 2 fully saturated rings. The molecular formula is C29H39N5O. The van der Waals surface area contributed by atoms with Crippen LogP contribution in [-0.4, -0.2) is 58.4 Å². The molecule has 2 aliphatic heterocycles. The monoisotopic (exact) mass is 473 g/mol. The number of hydrogen-bond donors (Lipinski definition) is 3. The Labute approximate surface area is 209 Å². The van der Waals surface area contributed by atoms with E-state index in [1.807, 2.05) is 12.4 Å². The van der Waals surface area contributed by atoms with E-state index in [1.165, 1.54) is 11.3 Å². The number of H-pyrrole nitrogens is 1. The zero-order valence-corrected chi connectivity index (χ0v) is 21.7. The van der Waals surface area contributed by atoms with Gasteiger partial charge in [-0.2, -0.15) is 5.10 Å². The van der Waals surface area contributed by atoms with Crippen molar-refractivity contribution >= 4 is 0 Å². The third kappa shape index (κ3) is 4.11. The Morgan fingerprint density at radius 2 is 1.69 bits per heavy atom. The van der Waals surface area contributed by atoms with Crippen molar-refractivity contribution < 1.29 is 5.11 Å². The van der Waals surface area contributed by atoms with Gasteiger partial charge in [0.2, 0.25) is 0 Å². The highest BCUT2D eigenvalue weighted by Crippen LogP contribution is 2.50. The summed E-state index contributed by atoms with van der Waals surface area (Å²) in [4.78, 5) is 6.85. The number of piperidine rings is 1. The smallest absolute Gasteiger partial charge is 0.124 e. The summed E-state index contributed by atoms with van der Waals surface area (Å²) in [6.45, 7) is 12.6. The number of aromatic nitrogens is 3. The number of nitrogens with one attached hydrogen (secondary N) is 2. The quantitative estimate of drug-likeness (QED) is 0.494. The van der Waals surface area contributed by atoms with Crippen LogP contribution < -0.4 is 5.32 Å². The van der Waals surface area contributed by atoms with Gasteiger partial charge in [0.15, 0.2) is 0 Å². The van der Waals surface area contributed by atoms with Gasteiger partial charge in [-0.1, -0.05) is 52.0 Å². The van der Waals surface area contributed by atoms with E-state index in [9.17, 15) is 5.11 Å². The SMILES string of the molecule is CC(C)c1ccc([C@](O)(c2cncc(-c3cc(C4(C)CCNCC4)[nH]n3)c2)C2(C)CN(C)C2)cc1. The average molecular weight is 474 g/mol. The summed E-state index contributed by atoms with van der Waals surface area (Å²) in [6.07, 6.45) is 5.85. The fourth-order valence-corrected chi connectivity index (χ4v) is 6.15. The van der Waals surface area contributed by atoms with Gasteiger partial charge >= 0.3 is 0 Å². The number of aliphatic hydroxyl groups is 1. The molecule has 0 radical (unpaired) electrons. The van der Waals surface area contributed by atoms with E-state index < -0.39 is 5.60 Å². The number of aromatic amines is 1. The zero-order chi connectivity index (χ0) is 24.8. The van der Waals surface area contributed by atoms with Crippen LogP contribution in [0.2, 0.25) is 0 Å². The molecule has 5 rings (SSSR count). The third-order valence-electron chi connectivity index (χ3n) is 8.49. The number of likely N-dealkylation sites (tertiary alicyclic amines) is 1. The molecule has 3 aromatic rings. The lowest BCUT2D eigenvalue weighted by molar-refractivity contribution is -0.127. The summed E-state index contributed by atoms with van der Waals surface area (Å²) in [5, 5.41) is 23.9. The van der Waals surface area contributed by atoms with Gasteiger partial charge in [-0.15, -0.1) is 0 Å². The molecule has 0 amide bonds. The van der Waals surface area contributed by atoms with Crippen LogP contribution in [0.3, 0.4) is 0 Å². The van der Waals surface area contributed by atoms with Crippen LogP contribution >= 0.6 is 0 Å². The minimum Gasteiger partial charge on any atom is -0.380 e. The molecular weight excluding hydrogens is 434 g/mol. The highest BCUT2D eigenvalue weighted by Gasteiger charge is 2.55. The maximum atomic E-state index is 12.5. The Balaban J connectivity index is 1.54. The van der Waals surface area contributed by atoms with E-state index in [0.717, 1.165) is 61.4 Å². The number of benzene rings is 1. The number of pyridine rings is 1. The molecule has 6 heteroatoms. The molecule has 1 aromatic carbocycles. The Morgan fingerprint density at radius 3 is 2.31 bits per heavy atom. The molecule has 3 N–H and O–H groups in total. The van der Waals surface area contributed by atoms with Crippen molar-refractivity contribution in [2.45, 2.75) is 57.5 Å². The van der Waals surface area contributed by atoms with Gasteiger partial charge in [0.05, 0.1) is 5.69 Å². The van der Waals surface area contributed by atoms with Gasteiger partial charge in [0, 0.05) is 53.1 Å². The van der Waals surface area contributed by atoms with Gasteiger partial charge < -0.3 is 15.3 Å². The van der Waals surface area contributed by atoms with E-state index >= 15 is 0 Å². The van der Waals surface area contributed by atoms with Crippen LogP contribution in [0.4, 0.5) is 0 Å². The molecule has 0 aliphatic carbocycles. The van der Waals surface area contributed by atoms with E-state index in [2.05, 4.69) is 96.5 Å². The standard InChI is InChI=1S/C29H39N5O/c1-20(2)21-6-8-23(9-7-21)29(35,28(4)18-34(5)19-28)24-14-22(16-31-17-24)25-15-26(33-32-25)27(3)10-12-30-13-11-27/h6-9,14-17,20,30,35H,10-13,18-19H2,1-5H3,(H,32,33)/t29-/m0/s1. The fourth-order valence-electron chi connectivity index (χ4n) is 6.15. The van der Waals surface area contributed by atoms with E-state index in [-0.39, 0.29) is 10.8 Å². The highest BCUT2D eigenvalue weighted by molar-refractivity contribution is 5.61. The van der Waals surface area contributed by atoms with E-state index in [4.69, 9.17) is 0 Å². The first-order chi connectivity index (χ1) is 16.6. The first-order valence-corrected chi connectivity index (χ1v) is 12.9. The van der Waals surface area contributed by atoms with Gasteiger partial charge in [0.25, 0.3) is 0 Å². The molecule has 35 heavy (non-hydrogen) atoms. The van der Waals surface area contributed by atoms with Crippen molar-refractivity contribution in [3.05, 3.63) is 71.2 Å². The molecule has 0 saturated carbocycles. The third-order valence-corrected chi connectivity index (χ3v) is 8.49. The second kappa shape index (κ2) is 8.84. The Kier molecular flexibility index (Phi) is 6.10. The molecule has 2 saturated heterocycles. The van der Waals surface area contributed by atoms with E-state index in [1.54, 1.807) is 0 Å². The molecule has 0 unspecified atom stereocenters. The largest absolute Gasteiger partial charge is 0.380 e. The summed E-state index contributed by atoms with van der Waals surface area (Å²) >= 11 is 0. The van der Waals surface area contributed by atoms with Crippen LogP contribution in [0.15, 0.2) is 48.8 Å². The maximum absolute atomic E-state index is 12.5. The summed E-state index contributed by atoms with van der Waals surface area (Å²) in [6, 6.07) is 12.7. The lowest BCUT2D eigenvalue weighted by Crippen LogP contribution is -2.63. The van der Waals surface area contributed by atoms with Gasteiger partial charge in [-0.25, -0.2) is 0 Å². The highest BCUT2D eigenvalue weighted by atomic mass is 16.3. The van der Waals surface area contributed by atoms with Crippen molar-refractivity contribution in [2.75, 3.05) is 33.2 Å². The van der Waals surface area contributed by atoms with Crippen molar-refractivity contribution in [3.8, 4) is 11.3 Å². The van der Waals surface area contributed by atoms with E-state index in [0.29, 0.717) is 5.92 Å². The predicted molar refractivity (Wildman–Crippen MR) is 140 cm³/mol. The minimum atomic E-state index is -1.15.